The fraction of sp³-hybridized carbons (Fsp3) is 0.300. The fourth-order valence-electron chi connectivity index (χ4n) is 2.64. The molecule has 0 aliphatic heterocycles. The monoisotopic (exact) mass is 340 g/mol. The van der Waals surface area contributed by atoms with Gasteiger partial charge in [-0.05, 0) is 30.2 Å². The molecule has 0 bridgehead atoms. The smallest absolute Gasteiger partial charge is 0.221 e. The van der Waals surface area contributed by atoms with Crippen LogP contribution in [0.1, 0.15) is 38.0 Å². The maximum absolute atomic E-state index is 11.4. The third-order valence-electron chi connectivity index (χ3n) is 3.72. The lowest BCUT2D eigenvalue weighted by Crippen LogP contribution is -2.36. The van der Waals surface area contributed by atoms with Gasteiger partial charge in [0.25, 0.3) is 0 Å². The van der Waals surface area contributed by atoms with E-state index in [1.807, 2.05) is 61.5 Å². The van der Waals surface area contributed by atoms with Gasteiger partial charge in [0.15, 0.2) is 0 Å². The summed E-state index contributed by atoms with van der Waals surface area (Å²) in [4.78, 5) is 22.5. The summed E-state index contributed by atoms with van der Waals surface area (Å²) in [5, 5.41) is 5.63. The van der Waals surface area contributed by atoms with Crippen LogP contribution in [-0.4, -0.2) is 17.9 Å². The van der Waals surface area contributed by atoms with Crippen LogP contribution in [0.4, 0.5) is 5.69 Å². The van der Waals surface area contributed by atoms with Gasteiger partial charge in [0.2, 0.25) is 11.8 Å². The topological polar surface area (TPSA) is 67.4 Å². The van der Waals surface area contributed by atoms with E-state index in [0.717, 1.165) is 16.8 Å². The Hall–Kier alpha value is -2.66. The first-order valence-electron chi connectivity index (χ1n) is 8.26. The summed E-state index contributed by atoms with van der Waals surface area (Å²) in [6.45, 7) is 5.31. The lowest BCUT2D eigenvalue weighted by atomic mass is 10.0. The Labute approximate surface area is 148 Å². The summed E-state index contributed by atoms with van der Waals surface area (Å²) in [6, 6.07) is 17.2. The van der Waals surface area contributed by atoms with Gasteiger partial charge in [0.1, 0.15) is 6.10 Å². The number of rotatable bonds is 7. The second kappa shape index (κ2) is 8.99. The van der Waals surface area contributed by atoms with Crippen molar-refractivity contribution in [1.29, 1.82) is 0 Å². The van der Waals surface area contributed by atoms with Crippen molar-refractivity contribution in [2.45, 2.75) is 39.5 Å². The van der Waals surface area contributed by atoms with Gasteiger partial charge in [-0.1, -0.05) is 42.5 Å². The Morgan fingerprint density at radius 1 is 0.960 bits per heavy atom. The molecule has 0 radical (unpaired) electrons. The molecule has 5 heteroatoms. The molecule has 0 spiro atoms. The average molecular weight is 340 g/mol. The Morgan fingerprint density at radius 2 is 1.60 bits per heavy atom. The highest BCUT2D eigenvalue weighted by atomic mass is 16.5. The Bertz CT molecular complexity index is 699. The highest BCUT2D eigenvalue weighted by Crippen LogP contribution is 2.23. The van der Waals surface area contributed by atoms with Gasteiger partial charge >= 0.3 is 0 Å². The van der Waals surface area contributed by atoms with Gasteiger partial charge < -0.3 is 15.4 Å². The summed E-state index contributed by atoms with van der Waals surface area (Å²) in [7, 11) is 0. The minimum atomic E-state index is -0.250. The summed E-state index contributed by atoms with van der Waals surface area (Å²) in [6.07, 6.45) is -0.250. The quantitative estimate of drug-likeness (QED) is 0.811. The molecule has 2 amide bonds. The summed E-state index contributed by atoms with van der Waals surface area (Å²) >= 11 is 0. The molecule has 2 unspecified atom stereocenters. The molecule has 0 fully saturated rings. The van der Waals surface area contributed by atoms with Crippen molar-refractivity contribution in [3.63, 3.8) is 0 Å². The maximum Gasteiger partial charge on any atom is 0.221 e. The first-order chi connectivity index (χ1) is 12.0. The predicted octanol–water partition coefficient (Wildman–Crippen LogP) is 3.43. The van der Waals surface area contributed by atoms with Crippen molar-refractivity contribution >= 4 is 17.5 Å². The zero-order valence-corrected chi connectivity index (χ0v) is 14.8. The van der Waals surface area contributed by atoms with E-state index in [9.17, 15) is 9.59 Å². The Morgan fingerprint density at radius 3 is 2.16 bits per heavy atom. The summed E-state index contributed by atoms with van der Waals surface area (Å²) in [5.41, 5.74) is 2.76. The molecule has 25 heavy (non-hydrogen) atoms. The molecular formula is C20H24N2O3. The third-order valence-corrected chi connectivity index (χ3v) is 3.72. The van der Waals surface area contributed by atoms with E-state index in [1.165, 1.54) is 13.8 Å². The van der Waals surface area contributed by atoms with Crippen LogP contribution in [0.15, 0.2) is 54.6 Å². The molecular weight excluding hydrogens is 316 g/mol. The van der Waals surface area contributed by atoms with E-state index in [4.69, 9.17) is 4.74 Å². The van der Waals surface area contributed by atoms with Crippen LogP contribution in [-0.2, 0) is 20.9 Å². The van der Waals surface area contributed by atoms with E-state index in [2.05, 4.69) is 10.6 Å². The van der Waals surface area contributed by atoms with Gasteiger partial charge in [0, 0.05) is 19.5 Å². The first kappa shape index (κ1) is 18.7. The number of anilines is 1. The highest BCUT2D eigenvalue weighted by Gasteiger charge is 2.20. The van der Waals surface area contributed by atoms with Gasteiger partial charge in [-0.2, -0.15) is 0 Å². The molecule has 2 aromatic rings. The van der Waals surface area contributed by atoms with Crippen molar-refractivity contribution in [3.05, 3.63) is 65.7 Å². The third kappa shape index (κ3) is 6.04. The number of nitrogens with one attached hydrogen (secondary N) is 2. The molecule has 0 aliphatic carbocycles. The van der Waals surface area contributed by atoms with Crippen molar-refractivity contribution < 1.29 is 14.3 Å². The number of amides is 2. The predicted molar refractivity (Wildman–Crippen MR) is 98.0 cm³/mol. The molecule has 2 N–H and O–H groups in total. The van der Waals surface area contributed by atoms with Gasteiger partial charge in [-0.25, -0.2) is 0 Å². The van der Waals surface area contributed by atoms with E-state index >= 15 is 0 Å². The lowest BCUT2D eigenvalue weighted by molar-refractivity contribution is -0.121. The van der Waals surface area contributed by atoms with Crippen molar-refractivity contribution in [2.24, 2.45) is 0 Å². The Balaban J connectivity index is 2.06. The van der Waals surface area contributed by atoms with Gasteiger partial charge in [-0.3, -0.25) is 9.59 Å². The molecule has 2 rings (SSSR count). The first-order valence-corrected chi connectivity index (χ1v) is 8.26. The summed E-state index contributed by atoms with van der Waals surface area (Å²) < 4.78 is 6.10. The summed E-state index contributed by atoms with van der Waals surface area (Å²) in [5.74, 6) is -0.186. The molecule has 0 saturated heterocycles. The standard InChI is InChI=1S/C20H24N2O3/c1-14(21-15(2)23)20(18-7-5-4-6-8-18)25-13-17-9-11-19(12-10-17)22-16(3)24/h4-12,14,20H,13H2,1-3H3,(H,21,23)(H,22,24). The van der Waals surface area contributed by atoms with Crippen LogP contribution < -0.4 is 10.6 Å². The second-order valence-electron chi connectivity index (χ2n) is 6.01. The normalized spacial score (nSPS) is 12.9. The maximum atomic E-state index is 11.4. The molecule has 0 saturated carbocycles. The molecule has 2 aromatic carbocycles. The second-order valence-corrected chi connectivity index (χ2v) is 6.01. The minimum absolute atomic E-state index is 0.0864. The van der Waals surface area contributed by atoms with Crippen LogP contribution in [0.3, 0.4) is 0 Å². The number of benzene rings is 2. The zero-order valence-electron chi connectivity index (χ0n) is 14.8. The van der Waals surface area contributed by atoms with Crippen LogP contribution in [0.2, 0.25) is 0 Å². The van der Waals surface area contributed by atoms with Crippen LogP contribution >= 0.6 is 0 Å². The van der Waals surface area contributed by atoms with E-state index in [-0.39, 0.29) is 24.0 Å². The van der Waals surface area contributed by atoms with E-state index in [0.29, 0.717) is 6.61 Å². The van der Waals surface area contributed by atoms with Crippen molar-refractivity contribution in [2.75, 3.05) is 5.32 Å². The number of carbonyl (C=O) groups is 2. The number of hydrogen-bond acceptors (Lipinski definition) is 3. The number of ether oxygens (including phenoxy) is 1. The largest absolute Gasteiger partial charge is 0.367 e. The van der Waals surface area contributed by atoms with Gasteiger partial charge in [-0.15, -0.1) is 0 Å². The van der Waals surface area contributed by atoms with Crippen molar-refractivity contribution in [1.82, 2.24) is 5.32 Å². The van der Waals surface area contributed by atoms with Crippen LogP contribution in [0.25, 0.3) is 0 Å². The molecule has 0 aromatic heterocycles. The van der Waals surface area contributed by atoms with Gasteiger partial charge in [0.05, 0.1) is 12.6 Å². The molecule has 132 valence electrons. The van der Waals surface area contributed by atoms with E-state index in [1.54, 1.807) is 0 Å². The molecule has 0 aliphatic rings. The average Bonchev–Trinajstić information content (AvgIpc) is 2.56. The van der Waals surface area contributed by atoms with E-state index < -0.39 is 0 Å². The minimum Gasteiger partial charge on any atom is -0.367 e. The number of hydrogen-bond donors (Lipinski definition) is 2. The van der Waals surface area contributed by atoms with Crippen LogP contribution in [0, 0.1) is 0 Å². The number of carbonyl (C=O) groups excluding carboxylic acids is 2. The van der Waals surface area contributed by atoms with Crippen molar-refractivity contribution in [3.8, 4) is 0 Å². The lowest BCUT2D eigenvalue weighted by Gasteiger charge is -2.25. The highest BCUT2D eigenvalue weighted by molar-refractivity contribution is 5.88. The zero-order chi connectivity index (χ0) is 18.2. The Kier molecular flexibility index (Phi) is 6.71. The molecule has 0 heterocycles. The SMILES string of the molecule is CC(=O)Nc1ccc(COC(c2ccccc2)C(C)NC(C)=O)cc1. The fourth-order valence-corrected chi connectivity index (χ4v) is 2.64. The van der Waals surface area contributed by atoms with Crippen LogP contribution in [0.5, 0.6) is 0 Å². The molecule has 2 atom stereocenters. The molecule has 5 nitrogen and oxygen atoms in total.